The van der Waals surface area contributed by atoms with Crippen molar-refractivity contribution in [1.29, 1.82) is 0 Å². The van der Waals surface area contributed by atoms with Crippen molar-refractivity contribution in [3.05, 3.63) is 60.8 Å². The lowest BCUT2D eigenvalue weighted by molar-refractivity contribution is -0.870. The summed E-state index contributed by atoms with van der Waals surface area (Å²) in [5.74, 6) is -0.556. The quantitative estimate of drug-likeness (QED) is 0.0212. The number of quaternary nitrogens is 1. The van der Waals surface area contributed by atoms with Gasteiger partial charge in [-0.05, 0) is 89.5 Å². The third-order valence-corrected chi connectivity index (χ3v) is 13.9. The van der Waals surface area contributed by atoms with Gasteiger partial charge in [0.15, 0.2) is 0 Å². The molecule has 0 heterocycles. The van der Waals surface area contributed by atoms with Crippen LogP contribution < -0.4 is 10.2 Å². The van der Waals surface area contributed by atoms with Crippen LogP contribution in [0.1, 0.15) is 265 Å². The zero-order chi connectivity index (χ0) is 52.2. The maximum Gasteiger partial charge on any atom is 0.306 e. The lowest BCUT2D eigenvalue weighted by Gasteiger charge is -2.30. The zero-order valence-corrected chi connectivity index (χ0v) is 48.1. The molecule has 0 saturated heterocycles. The lowest BCUT2D eigenvalue weighted by atomic mass is 10.0. The van der Waals surface area contributed by atoms with Crippen LogP contribution in [0.5, 0.6) is 0 Å². The second-order valence-electron chi connectivity index (χ2n) is 21.1. The molecule has 0 rings (SSSR count). The van der Waals surface area contributed by atoms with Gasteiger partial charge in [-0.3, -0.25) is 14.2 Å². The van der Waals surface area contributed by atoms with Crippen molar-refractivity contribution in [3.63, 3.8) is 0 Å². The summed E-state index contributed by atoms with van der Waals surface area (Å²) in [6.45, 7) is 6.76. The topological polar surface area (TPSA) is 114 Å². The molecule has 3 atom stereocenters. The number of nitrogens with zero attached hydrogens (tertiary/aromatic N) is 1. The number of carbonyl (C=O) groups excluding carboxylic acids is 2. The summed E-state index contributed by atoms with van der Waals surface area (Å²) in [6, 6.07) is -0.893. The SMILES string of the molecule is CCCC/C=C\CCCCCCCC(=O)NC(COP(=O)([O-])OCC[N+](C)(C)C)C(/C=C\CCCCCCCCCCC)OC(=O)CCCCCCCCCCCC/C=C\C/C=C\C/C=C\CCCCC. The smallest absolute Gasteiger partial charge is 0.306 e. The Morgan fingerprint density at radius 3 is 1.37 bits per heavy atom. The molecule has 0 radical (unpaired) electrons. The molecule has 10 heteroatoms. The van der Waals surface area contributed by atoms with Gasteiger partial charge in [-0.15, -0.1) is 0 Å². The second kappa shape index (κ2) is 51.2. The van der Waals surface area contributed by atoms with E-state index in [2.05, 4.69) is 74.7 Å². The van der Waals surface area contributed by atoms with E-state index in [0.29, 0.717) is 17.4 Å². The minimum atomic E-state index is -4.69. The Morgan fingerprint density at radius 2 is 0.873 bits per heavy atom. The second-order valence-corrected chi connectivity index (χ2v) is 22.6. The first kappa shape index (κ1) is 68.7. The first-order valence-corrected chi connectivity index (χ1v) is 31.1. The van der Waals surface area contributed by atoms with Gasteiger partial charge in [0.1, 0.15) is 19.3 Å². The standard InChI is InChI=1S/C61H113N2O7P/c1-7-10-13-16-19-22-25-26-27-28-29-30-31-32-33-34-35-36-39-42-45-48-51-54-61(65)70-59(52-49-46-43-40-37-23-20-17-14-11-8-2)58(57-69-71(66,67)68-56-55-63(4,5)6)62-60(64)53-50-47-44-41-38-24-21-18-15-12-9-3/h18-19,21-22,26-27,29-30,49,52,58-59H,7-17,20,23-25,28,31-48,50-51,53-57H2,1-6H3,(H-,62,64,66,67)/b21-18-,22-19-,27-26-,30-29-,52-49-. The van der Waals surface area contributed by atoms with Crippen molar-refractivity contribution in [1.82, 2.24) is 5.32 Å². The number of nitrogens with one attached hydrogen (secondary N) is 1. The van der Waals surface area contributed by atoms with Gasteiger partial charge in [0, 0.05) is 12.8 Å². The fourth-order valence-electron chi connectivity index (χ4n) is 8.27. The number of rotatable bonds is 53. The van der Waals surface area contributed by atoms with Gasteiger partial charge in [0.2, 0.25) is 5.91 Å². The van der Waals surface area contributed by atoms with E-state index in [1.807, 2.05) is 33.3 Å². The molecule has 0 bridgehead atoms. The number of allylic oxidation sites excluding steroid dienone is 9. The number of carbonyl (C=O) groups is 2. The van der Waals surface area contributed by atoms with E-state index in [9.17, 15) is 19.0 Å². The van der Waals surface area contributed by atoms with Gasteiger partial charge in [0.05, 0.1) is 33.8 Å². The van der Waals surface area contributed by atoms with Gasteiger partial charge in [-0.2, -0.15) is 0 Å². The van der Waals surface area contributed by atoms with Crippen molar-refractivity contribution in [2.45, 2.75) is 277 Å². The minimum absolute atomic E-state index is 0.0255. The molecule has 414 valence electrons. The summed E-state index contributed by atoms with van der Waals surface area (Å²) in [5, 5.41) is 3.01. The summed E-state index contributed by atoms with van der Waals surface area (Å²) < 4.78 is 30.2. The maximum absolute atomic E-state index is 13.4. The molecule has 1 N–H and O–H groups in total. The van der Waals surface area contributed by atoms with E-state index in [1.54, 1.807) is 0 Å². The number of esters is 1. The monoisotopic (exact) mass is 1020 g/mol. The molecule has 0 aliphatic rings. The number of likely N-dealkylation sites (N-methyl/N-ethyl adjacent to an activating group) is 1. The molecule has 0 fully saturated rings. The highest BCUT2D eigenvalue weighted by molar-refractivity contribution is 7.45. The molecule has 71 heavy (non-hydrogen) atoms. The predicted molar refractivity (Wildman–Crippen MR) is 302 cm³/mol. The average Bonchev–Trinajstić information content (AvgIpc) is 3.33. The third kappa shape index (κ3) is 52.4. The average molecular weight is 1020 g/mol. The Kier molecular flexibility index (Phi) is 49.6. The van der Waals surface area contributed by atoms with Gasteiger partial charge in [-0.25, -0.2) is 0 Å². The fraction of sp³-hybridized carbons (Fsp3) is 0.803. The molecular weight excluding hydrogens is 904 g/mol. The van der Waals surface area contributed by atoms with Crippen LogP contribution in [-0.4, -0.2) is 69.4 Å². The molecule has 0 aromatic rings. The molecule has 0 spiro atoms. The van der Waals surface area contributed by atoms with E-state index in [1.165, 1.54) is 128 Å². The van der Waals surface area contributed by atoms with Crippen LogP contribution >= 0.6 is 7.82 Å². The number of ether oxygens (including phenoxy) is 1. The van der Waals surface area contributed by atoms with Crippen LogP contribution in [0, 0.1) is 0 Å². The van der Waals surface area contributed by atoms with Crippen molar-refractivity contribution in [2.75, 3.05) is 40.9 Å². The highest BCUT2D eigenvalue weighted by Gasteiger charge is 2.27. The number of phosphoric ester groups is 1. The molecule has 0 aromatic carbocycles. The van der Waals surface area contributed by atoms with Gasteiger partial charge >= 0.3 is 5.97 Å². The molecule has 1 amide bonds. The van der Waals surface area contributed by atoms with E-state index < -0.39 is 26.6 Å². The Morgan fingerprint density at radius 1 is 0.493 bits per heavy atom. The molecule has 0 saturated carbocycles. The number of hydrogen-bond acceptors (Lipinski definition) is 7. The maximum atomic E-state index is 13.4. The van der Waals surface area contributed by atoms with Crippen molar-refractivity contribution < 1.29 is 37.3 Å². The normalized spacial score (nSPS) is 14.2. The van der Waals surface area contributed by atoms with E-state index in [-0.39, 0.29) is 24.9 Å². The molecule has 0 aliphatic carbocycles. The number of phosphoric acid groups is 1. The minimum Gasteiger partial charge on any atom is -0.756 e. The Hall–Kier alpha value is -2.29. The lowest BCUT2D eigenvalue weighted by Crippen LogP contribution is -2.47. The van der Waals surface area contributed by atoms with E-state index in [4.69, 9.17) is 13.8 Å². The molecule has 0 aromatic heterocycles. The third-order valence-electron chi connectivity index (χ3n) is 12.9. The van der Waals surface area contributed by atoms with Gasteiger partial charge in [0.25, 0.3) is 7.82 Å². The van der Waals surface area contributed by atoms with Crippen molar-refractivity contribution in [2.24, 2.45) is 0 Å². The van der Waals surface area contributed by atoms with Crippen LogP contribution in [0.25, 0.3) is 0 Å². The van der Waals surface area contributed by atoms with Gasteiger partial charge in [-0.1, -0.05) is 223 Å². The zero-order valence-electron chi connectivity index (χ0n) is 47.2. The summed E-state index contributed by atoms with van der Waals surface area (Å²) in [5.41, 5.74) is 0. The van der Waals surface area contributed by atoms with Crippen molar-refractivity contribution >= 4 is 19.7 Å². The summed E-state index contributed by atoms with van der Waals surface area (Å²) in [7, 11) is 1.17. The highest BCUT2D eigenvalue weighted by atomic mass is 31.2. The summed E-state index contributed by atoms with van der Waals surface area (Å²) in [6.07, 6.45) is 63.3. The molecule has 9 nitrogen and oxygen atoms in total. The van der Waals surface area contributed by atoms with Crippen LogP contribution in [0.4, 0.5) is 0 Å². The number of unbranched alkanes of at least 4 members (excludes halogenated alkanes) is 29. The first-order valence-electron chi connectivity index (χ1n) is 29.6. The molecule has 0 aliphatic heterocycles. The van der Waals surface area contributed by atoms with Crippen LogP contribution in [0.3, 0.4) is 0 Å². The van der Waals surface area contributed by atoms with Gasteiger partial charge < -0.3 is 28.5 Å². The Labute approximate surface area is 439 Å². The number of hydrogen-bond donors (Lipinski definition) is 1. The summed E-state index contributed by atoms with van der Waals surface area (Å²) >= 11 is 0. The van der Waals surface area contributed by atoms with Crippen molar-refractivity contribution in [3.8, 4) is 0 Å². The highest BCUT2D eigenvalue weighted by Crippen LogP contribution is 2.38. The van der Waals surface area contributed by atoms with E-state index in [0.717, 1.165) is 103 Å². The van der Waals surface area contributed by atoms with Crippen LogP contribution in [-0.2, 0) is 27.9 Å². The van der Waals surface area contributed by atoms with E-state index >= 15 is 0 Å². The van der Waals surface area contributed by atoms with Crippen LogP contribution in [0.15, 0.2) is 60.8 Å². The van der Waals surface area contributed by atoms with Crippen LogP contribution in [0.2, 0.25) is 0 Å². The fourth-order valence-corrected chi connectivity index (χ4v) is 9.00. The summed E-state index contributed by atoms with van der Waals surface area (Å²) in [4.78, 5) is 39.8. The molecule has 3 unspecified atom stereocenters. The molecular formula is C61H113N2O7P. The first-order chi connectivity index (χ1) is 34.4. The Bertz CT molecular complexity index is 1400. The Balaban J connectivity index is 5.15. The number of amides is 1. The largest absolute Gasteiger partial charge is 0.756 e. The predicted octanol–water partition coefficient (Wildman–Crippen LogP) is 17.3.